The van der Waals surface area contributed by atoms with E-state index in [-0.39, 0.29) is 11.4 Å². The molecule has 0 radical (unpaired) electrons. The summed E-state index contributed by atoms with van der Waals surface area (Å²) in [7, 11) is -3.49. The highest BCUT2D eigenvalue weighted by Gasteiger charge is 2.35. The molecule has 1 N–H and O–H groups in total. The first-order valence-electron chi connectivity index (χ1n) is 9.90. The first-order valence-corrected chi connectivity index (χ1v) is 11.8. The molecule has 0 aliphatic heterocycles. The second-order valence-corrected chi connectivity index (χ2v) is 9.26. The lowest BCUT2D eigenvalue weighted by Crippen LogP contribution is -2.10. The summed E-state index contributed by atoms with van der Waals surface area (Å²) in [4.78, 5) is 0. The van der Waals surface area contributed by atoms with E-state index in [0.29, 0.717) is 16.8 Å². The molecule has 0 saturated carbocycles. The molecular weight excluding hydrogens is 465 g/mol. The molecule has 0 aliphatic carbocycles. The lowest BCUT2D eigenvalue weighted by Gasteiger charge is -2.10. The van der Waals surface area contributed by atoms with Gasteiger partial charge >= 0.3 is 6.18 Å². The number of aromatic nitrogens is 2. The first-order chi connectivity index (χ1) is 16.0. The van der Waals surface area contributed by atoms with Crippen molar-refractivity contribution in [1.82, 2.24) is 9.78 Å². The molecular formula is C24H17F3N4O2S. The van der Waals surface area contributed by atoms with Crippen LogP contribution in [0, 0.1) is 11.3 Å². The number of nitrogens with one attached hydrogen (secondary N) is 1. The number of halogens is 3. The standard InChI is InChI=1S/C24H17F3N4O2S/c1-34(32,33)30-20-10-12-21(13-11-20)31-22(14-23(29-31)24(25,26)27)19-8-6-18(7-9-19)17-4-2-16(15-28)3-5-17/h2-14,30H,1H3. The molecule has 6 nitrogen and oxygen atoms in total. The van der Waals surface area contributed by atoms with Gasteiger partial charge in [-0.25, -0.2) is 13.1 Å². The molecule has 10 heteroatoms. The van der Waals surface area contributed by atoms with Gasteiger partial charge in [0.15, 0.2) is 5.69 Å². The number of sulfonamides is 1. The second-order valence-electron chi connectivity index (χ2n) is 7.51. The van der Waals surface area contributed by atoms with Gasteiger partial charge in [-0.1, -0.05) is 36.4 Å². The van der Waals surface area contributed by atoms with Crippen molar-refractivity contribution in [2.24, 2.45) is 0 Å². The number of benzene rings is 3. The molecule has 0 bridgehead atoms. The molecule has 34 heavy (non-hydrogen) atoms. The van der Waals surface area contributed by atoms with Gasteiger partial charge in [-0.05, 0) is 53.6 Å². The lowest BCUT2D eigenvalue weighted by atomic mass is 10.0. The quantitative estimate of drug-likeness (QED) is 0.409. The summed E-state index contributed by atoms with van der Waals surface area (Å²) < 4.78 is 66.6. The summed E-state index contributed by atoms with van der Waals surface area (Å²) in [6.45, 7) is 0. The summed E-state index contributed by atoms with van der Waals surface area (Å²) in [6.07, 6.45) is -3.64. The smallest absolute Gasteiger partial charge is 0.284 e. The molecule has 4 aromatic rings. The number of nitriles is 1. The van der Waals surface area contributed by atoms with Crippen molar-refractivity contribution in [2.45, 2.75) is 6.18 Å². The van der Waals surface area contributed by atoms with Crippen molar-refractivity contribution in [2.75, 3.05) is 11.0 Å². The van der Waals surface area contributed by atoms with Gasteiger partial charge in [-0.2, -0.15) is 23.5 Å². The molecule has 4 rings (SSSR count). The molecule has 0 fully saturated rings. The molecule has 0 spiro atoms. The van der Waals surface area contributed by atoms with Crippen LogP contribution in [0.25, 0.3) is 28.1 Å². The number of rotatable bonds is 5. The molecule has 1 heterocycles. The molecule has 172 valence electrons. The predicted octanol–water partition coefficient (Wildman–Crippen LogP) is 5.47. The maximum atomic E-state index is 13.4. The third-order valence-corrected chi connectivity index (χ3v) is 5.55. The van der Waals surface area contributed by atoms with Gasteiger partial charge in [0.2, 0.25) is 10.0 Å². The molecule has 0 amide bonds. The molecule has 0 atom stereocenters. The Morgan fingerprint density at radius 3 is 1.91 bits per heavy atom. The zero-order valence-corrected chi connectivity index (χ0v) is 18.5. The molecule has 1 aromatic heterocycles. The van der Waals surface area contributed by atoms with Gasteiger partial charge in [0.25, 0.3) is 0 Å². The minimum absolute atomic E-state index is 0.225. The third-order valence-electron chi connectivity index (χ3n) is 4.94. The summed E-state index contributed by atoms with van der Waals surface area (Å²) in [5, 5.41) is 12.7. The van der Waals surface area contributed by atoms with Gasteiger partial charge < -0.3 is 0 Å². The van der Waals surface area contributed by atoms with Crippen molar-refractivity contribution in [1.29, 1.82) is 5.26 Å². The fraction of sp³-hybridized carbons (Fsp3) is 0.0833. The van der Waals surface area contributed by atoms with Crippen LogP contribution in [0.2, 0.25) is 0 Å². The van der Waals surface area contributed by atoms with Crippen LogP contribution in [0.4, 0.5) is 18.9 Å². The van der Waals surface area contributed by atoms with E-state index in [4.69, 9.17) is 5.26 Å². The summed E-state index contributed by atoms with van der Waals surface area (Å²) in [5.41, 5.74) is 2.54. The SMILES string of the molecule is CS(=O)(=O)Nc1ccc(-n2nc(C(F)(F)F)cc2-c2ccc(-c3ccc(C#N)cc3)cc2)cc1. The van der Waals surface area contributed by atoms with Gasteiger partial charge in [0, 0.05) is 11.3 Å². The fourth-order valence-electron chi connectivity index (χ4n) is 3.38. The van der Waals surface area contributed by atoms with Crippen LogP contribution in [-0.4, -0.2) is 24.5 Å². The maximum Gasteiger partial charge on any atom is 0.435 e. The van der Waals surface area contributed by atoms with Crippen LogP contribution in [0.1, 0.15) is 11.3 Å². The zero-order valence-electron chi connectivity index (χ0n) is 17.7. The maximum absolute atomic E-state index is 13.4. The van der Waals surface area contributed by atoms with E-state index in [9.17, 15) is 21.6 Å². The van der Waals surface area contributed by atoms with Gasteiger partial charge in [0.05, 0.1) is 29.3 Å². The van der Waals surface area contributed by atoms with Crippen LogP contribution in [0.15, 0.2) is 78.9 Å². The number of hydrogen-bond donors (Lipinski definition) is 1. The Hall–Kier alpha value is -4.10. The topological polar surface area (TPSA) is 87.8 Å². The van der Waals surface area contributed by atoms with Gasteiger partial charge in [0.1, 0.15) is 0 Å². The van der Waals surface area contributed by atoms with Crippen LogP contribution in [0.5, 0.6) is 0 Å². The summed E-state index contributed by atoms with van der Waals surface area (Å²) in [5.74, 6) is 0. The van der Waals surface area contributed by atoms with E-state index in [1.165, 1.54) is 28.9 Å². The molecule has 0 aliphatic rings. The van der Waals surface area contributed by atoms with E-state index in [2.05, 4.69) is 15.9 Å². The van der Waals surface area contributed by atoms with Crippen molar-refractivity contribution in [3.05, 3.63) is 90.1 Å². The average molecular weight is 482 g/mol. The average Bonchev–Trinajstić information content (AvgIpc) is 3.25. The van der Waals surface area contributed by atoms with E-state index in [1.807, 2.05) is 0 Å². The van der Waals surface area contributed by atoms with E-state index >= 15 is 0 Å². The minimum Gasteiger partial charge on any atom is -0.284 e. The predicted molar refractivity (Wildman–Crippen MR) is 123 cm³/mol. The van der Waals surface area contributed by atoms with Crippen LogP contribution < -0.4 is 4.72 Å². The van der Waals surface area contributed by atoms with E-state index in [1.54, 1.807) is 48.5 Å². The summed E-state index contributed by atoms with van der Waals surface area (Å²) >= 11 is 0. The van der Waals surface area contributed by atoms with Crippen molar-refractivity contribution >= 4 is 15.7 Å². The minimum atomic E-state index is -4.64. The lowest BCUT2D eigenvalue weighted by molar-refractivity contribution is -0.141. The van der Waals surface area contributed by atoms with Crippen molar-refractivity contribution in [3.8, 4) is 34.1 Å². The fourth-order valence-corrected chi connectivity index (χ4v) is 3.94. The highest BCUT2D eigenvalue weighted by atomic mass is 32.2. The number of anilines is 1. The summed E-state index contributed by atoms with van der Waals surface area (Å²) in [6, 6.07) is 22.8. The Morgan fingerprint density at radius 2 is 1.41 bits per heavy atom. The molecule has 3 aromatic carbocycles. The number of hydrogen-bond acceptors (Lipinski definition) is 4. The van der Waals surface area contributed by atoms with Crippen LogP contribution >= 0.6 is 0 Å². The second kappa shape index (κ2) is 8.68. The monoisotopic (exact) mass is 482 g/mol. The highest BCUT2D eigenvalue weighted by Crippen LogP contribution is 2.34. The third kappa shape index (κ3) is 5.10. The zero-order chi connectivity index (χ0) is 24.5. The number of alkyl halides is 3. The Labute approximate surface area is 194 Å². The Balaban J connectivity index is 1.72. The largest absolute Gasteiger partial charge is 0.435 e. The van der Waals surface area contributed by atoms with E-state index < -0.39 is 21.9 Å². The number of nitrogens with zero attached hydrogens (tertiary/aromatic N) is 3. The van der Waals surface area contributed by atoms with Gasteiger partial charge in [-0.15, -0.1) is 0 Å². The normalized spacial score (nSPS) is 11.7. The highest BCUT2D eigenvalue weighted by molar-refractivity contribution is 7.92. The molecule has 0 saturated heterocycles. The molecule has 0 unspecified atom stereocenters. The van der Waals surface area contributed by atoms with E-state index in [0.717, 1.165) is 23.4 Å². The van der Waals surface area contributed by atoms with Crippen molar-refractivity contribution < 1.29 is 21.6 Å². The Bertz CT molecular complexity index is 1470. The Kier molecular flexibility index (Phi) is 5.89. The van der Waals surface area contributed by atoms with Crippen LogP contribution in [-0.2, 0) is 16.2 Å². The van der Waals surface area contributed by atoms with Gasteiger partial charge in [-0.3, -0.25) is 4.72 Å². The first kappa shape index (κ1) is 23.1. The van der Waals surface area contributed by atoms with Crippen molar-refractivity contribution in [3.63, 3.8) is 0 Å². The van der Waals surface area contributed by atoms with Crippen LogP contribution in [0.3, 0.4) is 0 Å². The Morgan fingerprint density at radius 1 is 0.882 bits per heavy atom.